The van der Waals surface area contributed by atoms with Crippen LogP contribution in [0.4, 0.5) is 5.13 Å². The number of aromatic nitrogens is 5. The fourth-order valence-corrected chi connectivity index (χ4v) is 2.41. The maximum absolute atomic E-state index is 12.1. The zero-order chi connectivity index (χ0) is 15.7. The molecule has 3 aromatic heterocycles. The summed E-state index contributed by atoms with van der Waals surface area (Å²) in [5.41, 5.74) is 0.804. The first-order valence-corrected chi connectivity index (χ1v) is 6.94. The van der Waals surface area contributed by atoms with E-state index in [1.807, 2.05) is 6.92 Å². The Balaban J connectivity index is 1.82. The quantitative estimate of drug-likeness (QED) is 0.715. The summed E-state index contributed by atoms with van der Waals surface area (Å²) in [6.45, 7) is 1.83. The fourth-order valence-electron chi connectivity index (χ4n) is 1.68. The van der Waals surface area contributed by atoms with Crippen LogP contribution in [0.3, 0.4) is 0 Å². The van der Waals surface area contributed by atoms with Gasteiger partial charge in [-0.05, 0) is 13.0 Å². The molecule has 22 heavy (non-hydrogen) atoms. The minimum Gasteiger partial charge on any atom is -0.465 e. The number of ether oxygens (including phenoxy) is 1. The number of hydrogen-bond acceptors (Lipinski definition) is 8. The topological polar surface area (TPSA) is 111 Å². The van der Waals surface area contributed by atoms with Gasteiger partial charge in [0.15, 0.2) is 5.13 Å². The van der Waals surface area contributed by atoms with Gasteiger partial charge in [0, 0.05) is 11.9 Å². The molecule has 0 saturated heterocycles. The highest BCUT2D eigenvalue weighted by Crippen LogP contribution is 2.19. The highest BCUT2D eigenvalue weighted by atomic mass is 32.1. The lowest BCUT2D eigenvalue weighted by molar-refractivity contribution is 0.0606. The summed E-state index contributed by atoms with van der Waals surface area (Å²) in [7, 11) is 1.27. The van der Waals surface area contributed by atoms with Crippen LogP contribution in [0.1, 0.15) is 26.0 Å². The average Bonchev–Trinajstić information content (AvgIpc) is 3.13. The van der Waals surface area contributed by atoms with Crippen LogP contribution in [0, 0.1) is 6.92 Å². The molecule has 1 N–H and O–H groups in total. The van der Waals surface area contributed by atoms with E-state index in [0.717, 1.165) is 17.0 Å². The zero-order valence-electron chi connectivity index (χ0n) is 11.6. The number of methoxy groups -OCH3 is 1. The van der Waals surface area contributed by atoms with Crippen LogP contribution in [-0.4, -0.2) is 43.6 Å². The predicted octanol–water partition coefficient (Wildman–Crippen LogP) is 0.928. The highest BCUT2D eigenvalue weighted by Gasteiger charge is 2.17. The molecule has 0 aliphatic heterocycles. The van der Waals surface area contributed by atoms with E-state index in [9.17, 15) is 9.59 Å². The third kappa shape index (κ3) is 2.51. The van der Waals surface area contributed by atoms with Crippen LogP contribution >= 0.6 is 11.3 Å². The molecule has 0 radical (unpaired) electrons. The van der Waals surface area contributed by atoms with E-state index in [-0.39, 0.29) is 11.0 Å². The highest BCUT2D eigenvalue weighted by molar-refractivity contribution is 7.17. The maximum Gasteiger partial charge on any atom is 0.349 e. The first kappa shape index (κ1) is 14.1. The predicted molar refractivity (Wildman–Crippen MR) is 76.9 cm³/mol. The number of rotatable bonds is 3. The summed E-state index contributed by atoms with van der Waals surface area (Å²) in [4.78, 5) is 35.7. The molecule has 0 saturated carbocycles. The lowest BCUT2D eigenvalue weighted by Gasteiger charge is -1.96. The van der Waals surface area contributed by atoms with Crippen molar-refractivity contribution in [2.75, 3.05) is 12.4 Å². The number of anilines is 1. The van der Waals surface area contributed by atoms with E-state index >= 15 is 0 Å². The molecule has 1 amide bonds. The number of nitrogens with zero attached hydrogens (tertiary/aromatic N) is 5. The lowest BCUT2D eigenvalue weighted by Crippen LogP contribution is -2.13. The summed E-state index contributed by atoms with van der Waals surface area (Å²) < 4.78 is 6.04. The molecule has 0 aromatic carbocycles. The van der Waals surface area contributed by atoms with Gasteiger partial charge in [-0.25, -0.2) is 19.3 Å². The van der Waals surface area contributed by atoms with E-state index in [4.69, 9.17) is 0 Å². The van der Waals surface area contributed by atoms with Crippen molar-refractivity contribution in [2.24, 2.45) is 0 Å². The smallest absolute Gasteiger partial charge is 0.349 e. The molecule has 3 rings (SSSR count). The number of esters is 1. The van der Waals surface area contributed by atoms with Crippen molar-refractivity contribution >= 4 is 34.1 Å². The Hall–Kier alpha value is -2.88. The normalized spacial score (nSPS) is 10.6. The molecule has 0 spiro atoms. The second-order valence-corrected chi connectivity index (χ2v) is 5.24. The number of hydrogen-bond donors (Lipinski definition) is 1. The molecule has 10 heteroatoms. The van der Waals surface area contributed by atoms with E-state index in [0.29, 0.717) is 10.7 Å². The van der Waals surface area contributed by atoms with Gasteiger partial charge in [0.1, 0.15) is 4.88 Å². The van der Waals surface area contributed by atoms with Gasteiger partial charge in [0.25, 0.3) is 11.7 Å². The summed E-state index contributed by atoms with van der Waals surface area (Å²) >= 11 is 1.00. The summed E-state index contributed by atoms with van der Waals surface area (Å²) in [5.74, 6) is -0.740. The Morgan fingerprint density at radius 3 is 2.91 bits per heavy atom. The van der Waals surface area contributed by atoms with Crippen molar-refractivity contribution in [1.82, 2.24) is 24.6 Å². The number of aryl methyl sites for hydroxylation is 1. The number of carbonyl (C=O) groups excluding carboxylic acids is 2. The van der Waals surface area contributed by atoms with Crippen LogP contribution in [0.25, 0.3) is 5.78 Å². The van der Waals surface area contributed by atoms with Crippen molar-refractivity contribution in [3.05, 3.63) is 34.9 Å². The minimum absolute atomic E-state index is 0.0309. The number of carbonyl (C=O) groups is 2. The van der Waals surface area contributed by atoms with Gasteiger partial charge >= 0.3 is 5.97 Å². The van der Waals surface area contributed by atoms with Gasteiger partial charge in [-0.3, -0.25) is 10.1 Å². The molecule has 9 nitrogen and oxygen atoms in total. The Kier molecular flexibility index (Phi) is 3.51. The van der Waals surface area contributed by atoms with Crippen LogP contribution in [0.5, 0.6) is 0 Å². The Labute approximate surface area is 128 Å². The van der Waals surface area contributed by atoms with Crippen LogP contribution in [0.15, 0.2) is 18.5 Å². The monoisotopic (exact) mass is 318 g/mol. The van der Waals surface area contributed by atoms with Gasteiger partial charge in [0.2, 0.25) is 5.82 Å². The number of amides is 1. The summed E-state index contributed by atoms with van der Waals surface area (Å²) in [6, 6.07) is 1.76. The van der Waals surface area contributed by atoms with Gasteiger partial charge < -0.3 is 4.74 Å². The van der Waals surface area contributed by atoms with Crippen LogP contribution in [0.2, 0.25) is 0 Å². The van der Waals surface area contributed by atoms with Crippen molar-refractivity contribution in [3.8, 4) is 0 Å². The lowest BCUT2D eigenvalue weighted by atomic mass is 10.5. The Morgan fingerprint density at radius 1 is 1.36 bits per heavy atom. The molecule has 0 bridgehead atoms. The molecular formula is C12H10N6O3S. The minimum atomic E-state index is -0.532. The second-order valence-electron chi connectivity index (χ2n) is 4.21. The molecule has 0 fully saturated rings. The van der Waals surface area contributed by atoms with Gasteiger partial charge in [0.05, 0.1) is 13.3 Å². The molecule has 0 aliphatic carbocycles. The van der Waals surface area contributed by atoms with Gasteiger partial charge in [-0.2, -0.15) is 4.98 Å². The SMILES string of the molecule is COC(=O)c1cnc(NC(=O)c2nc3nccc(C)n3n2)s1. The van der Waals surface area contributed by atoms with Crippen molar-refractivity contribution in [2.45, 2.75) is 6.92 Å². The molecule has 112 valence electrons. The number of thiazole rings is 1. The van der Waals surface area contributed by atoms with E-state index in [1.54, 1.807) is 12.3 Å². The number of fused-ring (bicyclic) bond motifs is 1. The Bertz CT molecular complexity index is 871. The molecule has 3 heterocycles. The maximum atomic E-state index is 12.1. The van der Waals surface area contributed by atoms with Gasteiger partial charge in [-0.1, -0.05) is 11.3 Å². The van der Waals surface area contributed by atoms with Crippen molar-refractivity contribution in [1.29, 1.82) is 0 Å². The Morgan fingerprint density at radius 2 is 2.18 bits per heavy atom. The van der Waals surface area contributed by atoms with Gasteiger partial charge in [-0.15, -0.1) is 5.10 Å². The second kappa shape index (κ2) is 5.48. The standard InChI is InChI=1S/C12H10N6O3S/c1-6-3-4-13-11-15-8(17-18(6)11)9(19)16-12-14-5-7(22-12)10(20)21-2/h3-5H,1-2H3,(H,14,16,19). The third-order valence-corrected chi connectivity index (χ3v) is 3.64. The molecule has 0 unspecified atom stereocenters. The summed E-state index contributed by atoms with van der Waals surface area (Å²) in [6.07, 6.45) is 2.92. The van der Waals surface area contributed by atoms with E-state index < -0.39 is 11.9 Å². The van der Waals surface area contributed by atoms with Crippen molar-refractivity contribution < 1.29 is 14.3 Å². The third-order valence-electron chi connectivity index (χ3n) is 2.75. The molecular weight excluding hydrogens is 308 g/mol. The summed E-state index contributed by atoms with van der Waals surface area (Å²) in [5, 5.41) is 6.87. The van der Waals surface area contributed by atoms with E-state index in [2.05, 4.69) is 30.1 Å². The van der Waals surface area contributed by atoms with Crippen LogP contribution < -0.4 is 5.32 Å². The average molecular weight is 318 g/mol. The number of nitrogens with one attached hydrogen (secondary N) is 1. The fraction of sp³-hybridized carbons (Fsp3) is 0.167. The van der Waals surface area contributed by atoms with E-state index in [1.165, 1.54) is 17.8 Å². The molecule has 3 aromatic rings. The largest absolute Gasteiger partial charge is 0.465 e. The molecule has 0 aliphatic rings. The van der Waals surface area contributed by atoms with Crippen LogP contribution in [-0.2, 0) is 4.74 Å². The first-order valence-electron chi connectivity index (χ1n) is 6.12. The molecule has 0 atom stereocenters. The first-order chi connectivity index (χ1) is 10.6. The zero-order valence-corrected chi connectivity index (χ0v) is 12.4. The van der Waals surface area contributed by atoms with Crippen molar-refractivity contribution in [3.63, 3.8) is 0 Å².